The van der Waals surface area contributed by atoms with Gasteiger partial charge in [-0.1, -0.05) is 35.5 Å². The van der Waals surface area contributed by atoms with E-state index in [0.29, 0.717) is 10.9 Å². The topological polar surface area (TPSA) is 73.1 Å². The number of rotatable bonds is 7. The molecule has 0 saturated carbocycles. The average Bonchev–Trinajstić information content (AvgIpc) is 3.05. The maximum absolute atomic E-state index is 10.3. The van der Waals surface area contributed by atoms with Crippen LogP contribution >= 0.6 is 11.8 Å². The second kappa shape index (κ2) is 8.54. The standard InChI is InChI=1S/C20H24N4O2S/c1-13-5-6-19(16(4)8-13)24-20(21-22-23-24)27-12-17(25)11-26-18-9-14(2)7-15(3)10-18/h5-10,17,25H,11-12H2,1-4H3/t17-/m1/s1. The number of aromatic nitrogens is 4. The minimum Gasteiger partial charge on any atom is -0.491 e. The van der Waals surface area contributed by atoms with E-state index in [-0.39, 0.29) is 6.61 Å². The van der Waals surface area contributed by atoms with Crippen molar-refractivity contribution < 1.29 is 9.84 Å². The van der Waals surface area contributed by atoms with Crippen LogP contribution in [0.5, 0.6) is 5.75 Å². The van der Waals surface area contributed by atoms with Crippen molar-refractivity contribution in [3.8, 4) is 11.4 Å². The predicted molar refractivity (Wildman–Crippen MR) is 107 cm³/mol. The molecule has 6 nitrogen and oxygen atoms in total. The number of hydrogen-bond acceptors (Lipinski definition) is 6. The van der Waals surface area contributed by atoms with E-state index in [1.807, 2.05) is 45.0 Å². The molecule has 0 amide bonds. The molecule has 0 spiro atoms. The molecule has 0 aliphatic rings. The second-order valence-electron chi connectivity index (χ2n) is 6.76. The van der Waals surface area contributed by atoms with Crippen molar-refractivity contribution in [2.45, 2.75) is 39.0 Å². The van der Waals surface area contributed by atoms with Gasteiger partial charge in [0.25, 0.3) is 0 Å². The molecule has 0 aliphatic heterocycles. The first-order chi connectivity index (χ1) is 12.9. The molecule has 1 heterocycles. The molecule has 27 heavy (non-hydrogen) atoms. The Labute approximate surface area is 163 Å². The Kier molecular flexibility index (Phi) is 6.13. The van der Waals surface area contributed by atoms with Gasteiger partial charge in [0, 0.05) is 5.75 Å². The third-order valence-electron chi connectivity index (χ3n) is 4.06. The molecule has 0 bridgehead atoms. The molecule has 0 radical (unpaired) electrons. The van der Waals surface area contributed by atoms with Crippen molar-refractivity contribution in [3.05, 3.63) is 58.7 Å². The predicted octanol–water partition coefficient (Wildman–Crippen LogP) is 3.43. The lowest BCUT2D eigenvalue weighted by atomic mass is 10.1. The summed E-state index contributed by atoms with van der Waals surface area (Å²) in [5.41, 5.74) is 5.51. The molecule has 3 rings (SSSR count). The lowest BCUT2D eigenvalue weighted by molar-refractivity contribution is 0.126. The Bertz CT molecular complexity index is 906. The highest BCUT2D eigenvalue weighted by Crippen LogP contribution is 2.22. The van der Waals surface area contributed by atoms with Crippen LogP contribution in [0.4, 0.5) is 0 Å². The van der Waals surface area contributed by atoms with Crippen LogP contribution in [0.1, 0.15) is 22.3 Å². The first-order valence-electron chi connectivity index (χ1n) is 8.80. The Morgan fingerprint density at radius 2 is 1.78 bits per heavy atom. The molecule has 1 atom stereocenters. The quantitative estimate of drug-likeness (QED) is 0.629. The smallest absolute Gasteiger partial charge is 0.214 e. The summed E-state index contributed by atoms with van der Waals surface area (Å²) >= 11 is 1.41. The number of tetrazole rings is 1. The summed E-state index contributed by atoms with van der Waals surface area (Å²) in [4.78, 5) is 0. The minimum absolute atomic E-state index is 0.223. The van der Waals surface area contributed by atoms with E-state index >= 15 is 0 Å². The Morgan fingerprint density at radius 1 is 1.04 bits per heavy atom. The van der Waals surface area contributed by atoms with Crippen molar-refractivity contribution in [2.75, 3.05) is 12.4 Å². The zero-order valence-corrected chi connectivity index (χ0v) is 16.8. The number of hydrogen-bond donors (Lipinski definition) is 1. The summed E-state index contributed by atoms with van der Waals surface area (Å²) in [6.07, 6.45) is -0.625. The summed E-state index contributed by atoms with van der Waals surface area (Å²) in [6.45, 7) is 8.36. The van der Waals surface area contributed by atoms with Gasteiger partial charge >= 0.3 is 0 Å². The fourth-order valence-electron chi connectivity index (χ4n) is 2.89. The van der Waals surface area contributed by atoms with Crippen LogP contribution < -0.4 is 4.74 Å². The normalized spacial score (nSPS) is 12.2. The van der Waals surface area contributed by atoms with Gasteiger partial charge < -0.3 is 9.84 Å². The maximum atomic E-state index is 10.3. The number of aryl methyl sites for hydroxylation is 4. The zero-order valence-electron chi connectivity index (χ0n) is 16.0. The van der Waals surface area contributed by atoms with Crippen LogP contribution in [0.25, 0.3) is 5.69 Å². The van der Waals surface area contributed by atoms with E-state index in [4.69, 9.17) is 4.74 Å². The summed E-state index contributed by atoms with van der Waals surface area (Å²) in [7, 11) is 0. The van der Waals surface area contributed by atoms with E-state index in [1.165, 1.54) is 17.3 Å². The molecule has 0 aliphatic carbocycles. The maximum Gasteiger partial charge on any atom is 0.214 e. The van der Waals surface area contributed by atoms with Crippen molar-refractivity contribution in [2.24, 2.45) is 0 Å². The van der Waals surface area contributed by atoms with Gasteiger partial charge in [0.15, 0.2) is 0 Å². The van der Waals surface area contributed by atoms with Gasteiger partial charge in [0.2, 0.25) is 5.16 Å². The summed E-state index contributed by atoms with van der Waals surface area (Å²) in [5, 5.41) is 22.9. The van der Waals surface area contributed by atoms with Gasteiger partial charge in [-0.15, -0.1) is 5.10 Å². The van der Waals surface area contributed by atoms with Gasteiger partial charge in [-0.05, 0) is 73.0 Å². The number of aliphatic hydroxyl groups excluding tert-OH is 1. The van der Waals surface area contributed by atoms with Crippen LogP contribution in [0, 0.1) is 27.7 Å². The van der Waals surface area contributed by atoms with Gasteiger partial charge in [-0.25, -0.2) is 0 Å². The lowest BCUT2D eigenvalue weighted by Crippen LogP contribution is -2.20. The van der Waals surface area contributed by atoms with Gasteiger partial charge in [0.1, 0.15) is 12.4 Å². The van der Waals surface area contributed by atoms with Crippen molar-refractivity contribution in [1.29, 1.82) is 0 Å². The van der Waals surface area contributed by atoms with E-state index in [0.717, 1.165) is 28.1 Å². The summed E-state index contributed by atoms with van der Waals surface area (Å²) < 4.78 is 7.43. The van der Waals surface area contributed by atoms with Gasteiger partial charge in [-0.2, -0.15) is 4.68 Å². The minimum atomic E-state index is -0.625. The van der Waals surface area contributed by atoms with E-state index in [1.54, 1.807) is 4.68 Å². The molecule has 0 unspecified atom stereocenters. The molecule has 2 aromatic carbocycles. The number of aliphatic hydroxyl groups is 1. The number of thioether (sulfide) groups is 1. The molecule has 0 fully saturated rings. The summed E-state index contributed by atoms with van der Waals surface area (Å²) in [6, 6.07) is 12.2. The van der Waals surface area contributed by atoms with E-state index in [9.17, 15) is 5.11 Å². The number of benzene rings is 2. The van der Waals surface area contributed by atoms with Crippen LogP contribution in [0.2, 0.25) is 0 Å². The molecule has 0 saturated heterocycles. The molecule has 142 valence electrons. The fraction of sp³-hybridized carbons (Fsp3) is 0.350. The molecular formula is C20H24N4O2S. The highest BCUT2D eigenvalue weighted by atomic mass is 32.2. The highest BCUT2D eigenvalue weighted by Gasteiger charge is 2.14. The van der Waals surface area contributed by atoms with Crippen LogP contribution in [0.3, 0.4) is 0 Å². The Hall–Kier alpha value is -2.38. The van der Waals surface area contributed by atoms with Crippen molar-refractivity contribution >= 4 is 11.8 Å². The largest absolute Gasteiger partial charge is 0.491 e. The molecule has 7 heteroatoms. The number of nitrogens with zero attached hydrogens (tertiary/aromatic N) is 4. The Morgan fingerprint density at radius 3 is 2.48 bits per heavy atom. The summed E-state index contributed by atoms with van der Waals surface area (Å²) in [5.74, 6) is 1.22. The Balaban J connectivity index is 1.59. The third-order valence-corrected chi connectivity index (χ3v) is 5.13. The van der Waals surface area contributed by atoms with E-state index < -0.39 is 6.10 Å². The molecule has 3 aromatic rings. The molecule has 1 aromatic heterocycles. The average molecular weight is 385 g/mol. The fourth-order valence-corrected chi connectivity index (χ4v) is 3.68. The monoisotopic (exact) mass is 384 g/mol. The van der Waals surface area contributed by atoms with E-state index in [2.05, 4.69) is 34.6 Å². The number of ether oxygens (including phenoxy) is 1. The van der Waals surface area contributed by atoms with Gasteiger partial charge in [-0.3, -0.25) is 0 Å². The zero-order chi connectivity index (χ0) is 19.4. The highest BCUT2D eigenvalue weighted by molar-refractivity contribution is 7.99. The third kappa shape index (κ3) is 5.08. The van der Waals surface area contributed by atoms with Crippen LogP contribution in [0.15, 0.2) is 41.6 Å². The van der Waals surface area contributed by atoms with Crippen LogP contribution in [-0.2, 0) is 0 Å². The lowest BCUT2D eigenvalue weighted by Gasteiger charge is -2.13. The van der Waals surface area contributed by atoms with Crippen LogP contribution in [-0.4, -0.2) is 43.8 Å². The van der Waals surface area contributed by atoms with Gasteiger partial charge in [0.05, 0.1) is 11.8 Å². The molecular weight excluding hydrogens is 360 g/mol. The SMILES string of the molecule is Cc1cc(C)cc(OC[C@@H](O)CSc2nnnn2-c2ccc(C)cc2C)c1. The van der Waals surface area contributed by atoms with Crippen molar-refractivity contribution in [3.63, 3.8) is 0 Å². The first-order valence-corrected chi connectivity index (χ1v) is 9.79. The van der Waals surface area contributed by atoms with Crippen molar-refractivity contribution in [1.82, 2.24) is 20.2 Å². The molecule has 1 N–H and O–H groups in total. The second-order valence-corrected chi connectivity index (χ2v) is 7.75. The first kappa shape index (κ1) is 19.4.